The third-order valence-corrected chi connectivity index (χ3v) is 14.7. The molecule has 0 rings (SSSR count). The number of esters is 3. The summed E-state index contributed by atoms with van der Waals surface area (Å²) < 4.78 is 17.0. The molecule has 0 bridgehead atoms. The van der Waals surface area contributed by atoms with Crippen molar-refractivity contribution in [2.75, 3.05) is 13.2 Å². The standard InChI is InChI=1S/C76H128O6/c1-4-7-10-13-16-19-22-25-28-30-32-33-34-35-36-37-38-39-40-41-42-43-44-46-48-51-54-57-60-63-66-69-75(78)81-72-73(71-80-74(77)68-65-62-59-56-53-50-47-27-24-21-18-15-12-9-6-3)82-76(79)70-67-64-61-58-55-52-49-45-31-29-26-23-20-17-14-11-8-5-2/h7,10,16,19-20,23,25,27-29,31-33,35-36,38-39,41-42,47,73H,4-6,8-9,11-15,17-18,21-22,24,26,30,34,37,40,43-46,48-72H2,1-3H3/b10-7-,19-16-,23-20-,28-25-,31-29-,33-32-,36-35-,39-38-,42-41-,47-27-. The summed E-state index contributed by atoms with van der Waals surface area (Å²) in [5.41, 5.74) is 0. The Hall–Kier alpha value is -4.19. The fourth-order valence-corrected chi connectivity index (χ4v) is 9.51. The molecule has 0 heterocycles. The van der Waals surface area contributed by atoms with E-state index in [1.54, 1.807) is 0 Å². The Morgan fingerprint density at radius 1 is 0.256 bits per heavy atom. The van der Waals surface area contributed by atoms with E-state index in [1.807, 2.05) is 0 Å². The van der Waals surface area contributed by atoms with Crippen molar-refractivity contribution < 1.29 is 28.6 Å². The van der Waals surface area contributed by atoms with Crippen LogP contribution >= 0.6 is 0 Å². The maximum Gasteiger partial charge on any atom is 0.306 e. The molecule has 0 saturated heterocycles. The van der Waals surface area contributed by atoms with E-state index < -0.39 is 6.10 Å². The monoisotopic (exact) mass is 1140 g/mol. The molecule has 0 aromatic rings. The molecular formula is C76H128O6. The Bertz CT molecular complexity index is 1690. The Morgan fingerprint density at radius 2 is 0.476 bits per heavy atom. The van der Waals surface area contributed by atoms with E-state index in [2.05, 4.69) is 142 Å². The number of carbonyl (C=O) groups excluding carboxylic acids is 3. The number of allylic oxidation sites excluding steroid dienone is 20. The van der Waals surface area contributed by atoms with Crippen molar-refractivity contribution >= 4 is 17.9 Å². The maximum atomic E-state index is 12.9. The lowest BCUT2D eigenvalue weighted by molar-refractivity contribution is -0.167. The van der Waals surface area contributed by atoms with Gasteiger partial charge in [0, 0.05) is 19.3 Å². The van der Waals surface area contributed by atoms with Gasteiger partial charge < -0.3 is 14.2 Å². The number of hydrogen-bond acceptors (Lipinski definition) is 6. The van der Waals surface area contributed by atoms with Gasteiger partial charge in [0.1, 0.15) is 13.2 Å². The Kier molecular flexibility index (Phi) is 65.8. The van der Waals surface area contributed by atoms with E-state index in [4.69, 9.17) is 14.2 Å². The average Bonchev–Trinajstić information content (AvgIpc) is 3.47. The van der Waals surface area contributed by atoms with Gasteiger partial charge in [-0.3, -0.25) is 14.4 Å². The zero-order valence-electron chi connectivity index (χ0n) is 53.7. The molecule has 468 valence electrons. The van der Waals surface area contributed by atoms with Crippen molar-refractivity contribution in [3.05, 3.63) is 122 Å². The Labute approximate surface area is 507 Å². The summed E-state index contributed by atoms with van der Waals surface area (Å²) in [6, 6.07) is 0. The van der Waals surface area contributed by atoms with Crippen LogP contribution in [0.5, 0.6) is 0 Å². The molecule has 82 heavy (non-hydrogen) atoms. The van der Waals surface area contributed by atoms with Crippen molar-refractivity contribution in [2.24, 2.45) is 0 Å². The molecule has 0 aromatic carbocycles. The van der Waals surface area contributed by atoms with Crippen molar-refractivity contribution in [1.82, 2.24) is 0 Å². The highest BCUT2D eigenvalue weighted by Gasteiger charge is 2.19. The first-order valence-electron chi connectivity index (χ1n) is 34.5. The number of unbranched alkanes of at least 4 members (excludes halogenated alkanes) is 31. The summed E-state index contributed by atoms with van der Waals surface area (Å²) in [6.45, 7) is 6.51. The molecular weight excluding hydrogens is 1010 g/mol. The van der Waals surface area contributed by atoms with Crippen molar-refractivity contribution in [2.45, 2.75) is 329 Å². The van der Waals surface area contributed by atoms with Gasteiger partial charge in [-0.25, -0.2) is 0 Å². The minimum absolute atomic E-state index is 0.0876. The largest absolute Gasteiger partial charge is 0.462 e. The van der Waals surface area contributed by atoms with Crippen LogP contribution in [0.1, 0.15) is 323 Å². The van der Waals surface area contributed by atoms with Crippen LogP contribution in [0.2, 0.25) is 0 Å². The SMILES string of the molecule is CC/C=C\C/C=C\C/C=C\C/C=C\C/C=C\C/C=C\C/C=C\CCCCCCCCCCCC(=O)OCC(COC(=O)CCCCCCC/C=C\CCCCCCCC)OC(=O)CCCCCCCCC/C=C\C/C=C\CCCCCC. The van der Waals surface area contributed by atoms with Gasteiger partial charge >= 0.3 is 17.9 Å². The molecule has 0 aliphatic carbocycles. The van der Waals surface area contributed by atoms with Crippen LogP contribution in [0.3, 0.4) is 0 Å². The number of rotatable bonds is 62. The zero-order chi connectivity index (χ0) is 59.2. The summed E-state index contributed by atoms with van der Waals surface area (Å²) in [5, 5.41) is 0. The van der Waals surface area contributed by atoms with Crippen molar-refractivity contribution in [3.63, 3.8) is 0 Å². The molecule has 1 unspecified atom stereocenters. The Balaban J connectivity index is 4.33. The highest BCUT2D eigenvalue weighted by Crippen LogP contribution is 2.16. The lowest BCUT2D eigenvalue weighted by atomic mass is 10.1. The second kappa shape index (κ2) is 69.3. The first kappa shape index (κ1) is 77.8. The van der Waals surface area contributed by atoms with Crippen molar-refractivity contribution in [3.8, 4) is 0 Å². The van der Waals surface area contributed by atoms with Crippen LogP contribution in [0.25, 0.3) is 0 Å². The van der Waals surface area contributed by atoms with Crippen LogP contribution in [0, 0.1) is 0 Å². The van der Waals surface area contributed by atoms with Crippen LogP contribution in [-0.4, -0.2) is 37.2 Å². The number of carbonyl (C=O) groups is 3. The molecule has 0 saturated carbocycles. The predicted octanol–water partition coefficient (Wildman–Crippen LogP) is 23.9. The van der Waals surface area contributed by atoms with Crippen LogP contribution in [0.15, 0.2) is 122 Å². The number of ether oxygens (including phenoxy) is 3. The van der Waals surface area contributed by atoms with E-state index in [0.29, 0.717) is 19.3 Å². The molecule has 0 spiro atoms. The van der Waals surface area contributed by atoms with Crippen LogP contribution < -0.4 is 0 Å². The van der Waals surface area contributed by atoms with E-state index in [9.17, 15) is 14.4 Å². The van der Waals surface area contributed by atoms with E-state index in [-0.39, 0.29) is 31.1 Å². The van der Waals surface area contributed by atoms with E-state index in [1.165, 1.54) is 154 Å². The third kappa shape index (κ3) is 66.6. The fraction of sp³-hybridized carbons (Fsp3) is 0.697. The molecule has 6 nitrogen and oxygen atoms in total. The molecule has 0 aliphatic rings. The van der Waals surface area contributed by atoms with Crippen LogP contribution in [-0.2, 0) is 28.6 Å². The first-order chi connectivity index (χ1) is 40.5. The topological polar surface area (TPSA) is 78.9 Å². The highest BCUT2D eigenvalue weighted by atomic mass is 16.6. The second-order valence-corrected chi connectivity index (χ2v) is 22.7. The minimum atomic E-state index is -0.792. The molecule has 0 aromatic heterocycles. The average molecular weight is 1140 g/mol. The molecule has 0 aliphatic heterocycles. The first-order valence-corrected chi connectivity index (χ1v) is 34.5. The normalized spacial score (nSPS) is 12.9. The van der Waals surface area contributed by atoms with Gasteiger partial charge in [0.05, 0.1) is 0 Å². The predicted molar refractivity (Wildman–Crippen MR) is 357 cm³/mol. The number of hydrogen-bond donors (Lipinski definition) is 0. The zero-order valence-corrected chi connectivity index (χ0v) is 53.7. The van der Waals surface area contributed by atoms with E-state index >= 15 is 0 Å². The summed E-state index contributed by atoms with van der Waals surface area (Å²) >= 11 is 0. The smallest absolute Gasteiger partial charge is 0.306 e. The summed E-state index contributed by atoms with van der Waals surface area (Å²) in [6.07, 6.45) is 96.4. The Morgan fingerprint density at radius 3 is 0.768 bits per heavy atom. The molecule has 0 amide bonds. The minimum Gasteiger partial charge on any atom is -0.462 e. The quantitative estimate of drug-likeness (QED) is 0.0261. The van der Waals surface area contributed by atoms with Gasteiger partial charge in [0.15, 0.2) is 6.10 Å². The van der Waals surface area contributed by atoms with Gasteiger partial charge in [-0.2, -0.15) is 0 Å². The molecule has 0 fully saturated rings. The second-order valence-electron chi connectivity index (χ2n) is 22.7. The molecule has 1 atom stereocenters. The van der Waals surface area contributed by atoms with Gasteiger partial charge in [-0.15, -0.1) is 0 Å². The van der Waals surface area contributed by atoms with Gasteiger partial charge in [-0.05, 0) is 135 Å². The highest BCUT2D eigenvalue weighted by molar-refractivity contribution is 5.71. The van der Waals surface area contributed by atoms with Gasteiger partial charge in [-0.1, -0.05) is 290 Å². The van der Waals surface area contributed by atoms with Gasteiger partial charge in [0.25, 0.3) is 0 Å². The lowest BCUT2D eigenvalue weighted by Crippen LogP contribution is -2.30. The molecule has 6 heteroatoms. The lowest BCUT2D eigenvalue weighted by Gasteiger charge is -2.18. The van der Waals surface area contributed by atoms with Crippen molar-refractivity contribution in [1.29, 1.82) is 0 Å². The molecule has 0 N–H and O–H groups in total. The maximum absolute atomic E-state index is 12.9. The summed E-state index contributed by atoms with van der Waals surface area (Å²) in [7, 11) is 0. The summed E-state index contributed by atoms with van der Waals surface area (Å²) in [4.78, 5) is 38.4. The molecule has 0 radical (unpaired) electrons. The third-order valence-electron chi connectivity index (χ3n) is 14.7. The fourth-order valence-electron chi connectivity index (χ4n) is 9.51. The van der Waals surface area contributed by atoms with Gasteiger partial charge in [0.2, 0.25) is 0 Å². The van der Waals surface area contributed by atoms with E-state index in [0.717, 1.165) is 128 Å². The van der Waals surface area contributed by atoms with Crippen LogP contribution in [0.4, 0.5) is 0 Å². The summed E-state index contributed by atoms with van der Waals surface area (Å²) in [5.74, 6) is -0.900.